The van der Waals surface area contributed by atoms with Crippen LogP contribution in [0.15, 0.2) is 0 Å². The highest BCUT2D eigenvalue weighted by Gasteiger charge is 2.05. The predicted octanol–water partition coefficient (Wildman–Crippen LogP) is -0.114. The maximum absolute atomic E-state index is 10.1. The highest BCUT2D eigenvalue weighted by molar-refractivity contribution is 7.90. The second-order valence-corrected chi connectivity index (χ2v) is 5.90. The van der Waals surface area contributed by atoms with Crippen LogP contribution in [0, 0.1) is 0 Å². The minimum atomic E-state index is -0.611. The first-order chi connectivity index (χ1) is 6.36. The van der Waals surface area contributed by atoms with Crippen molar-refractivity contribution in [2.45, 2.75) is 12.8 Å². The van der Waals surface area contributed by atoms with Gasteiger partial charge in [0.15, 0.2) is 0 Å². The van der Waals surface area contributed by atoms with Crippen molar-refractivity contribution in [3.05, 3.63) is 0 Å². The molecule has 1 amide bonds. The van der Waals surface area contributed by atoms with E-state index in [2.05, 4.69) is 5.32 Å². The molecule has 0 aromatic rings. The van der Waals surface area contributed by atoms with Crippen molar-refractivity contribution in [2.75, 3.05) is 31.6 Å². The van der Waals surface area contributed by atoms with E-state index in [1.165, 1.54) is 0 Å². The highest BCUT2D eigenvalue weighted by atomic mass is 32.2. The van der Waals surface area contributed by atoms with Crippen molar-refractivity contribution >= 4 is 28.3 Å². The van der Waals surface area contributed by atoms with Gasteiger partial charge < -0.3 is 14.4 Å². The van der Waals surface area contributed by atoms with Gasteiger partial charge in [-0.3, -0.25) is 4.79 Å². The molecule has 0 bridgehead atoms. The monoisotopic (exact) mass is 241 g/mol. The Bertz CT molecular complexity index is 123. The molecule has 86 valence electrons. The van der Waals surface area contributed by atoms with E-state index in [-0.39, 0.29) is 5.91 Å². The number of amides is 1. The van der Waals surface area contributed by atoms with Crippen molar-refractivity contribution in [1.29, 1.82) is 0 Å². The summed E-state index contributed by atoms with van der Waals surface area (Å²) in [5, 5.41) is 2.68. The fraction of sp³-hybridized carbons (Fsp3) is 0.875. The average Bonchev–Trinajstić information content (AvgIpc) is 2.36. The molecule has 0 spiro atoms. The van der Waals surface area contributed by atoms with Crippen LogP contribution in [0.4, 0.5) is 0 Å². The van der Waals surface area contributed by atoms with Gasteiger partial charge in [-0.05, 0) is 6.42 Å². The maximum atomic E-state index is 10.1. The number of carbonyl (C=O) groups is 1. The number of carbonyl (C=O) groups excluding carboxylic acids is 1. The van der Waals surface area contributed by atoms with Gasteiger partial charge in [-0.25, -0.2) is 0 Å². The van der Waals surface area contributed by atoms with Gasteiger partial charge in [-0.15, -0.1) is 0 Å². The summed E-state index contributed by atoms with van der Waals surface area (Å²) < 4.78 is 19.1. The van der Waals surface area contributed by atoms with Gasteiger partial charge in [-0.2, -0.15) is 0 Å². The fourth-order valence-corrected chi connectivity index (χ4v) is 0.565. The molecular weight excluding hydrogens is 222 g/mol. The van der Waals surface area contributed by atoms with Crippen LogP contribution in [0.5, 0.6) is 0 Å². The minimum Gasteiger partial charge on any atom is -0.617 e. The summed E-state index contributed by atoms with van der Waals surface area (Å²) >= 11 is -1.22. The Labute approximate surface area is 92.2 Å². The largest absolute Gasteiger partial charge is 0.617 e. The van der Waals surface area contributed by atoms with Gasteiger partial charge >= 0.3 is 0 Å². The molecule has 1 saturated heterocycles. The Morgan fingerprint density at radius 1 is 1.14 bits per heavy atom. The van der Waals surface area contributed by atoms with Crippen molar-refractivity contribution in [2.24, 2.45) is 0 Å². The average molecular weight is 241 g/mol. The van der Waals surface area contributed by atoms with Gasteiger partial charge in [0.05, 0.1) is 25.0 Å². The van der Waals surface area contributed by atoms with E-state index >= 15 is 0 Å². The molecule has 0 aromatic carbocycles. The zero-order chi connectivity index (χ0) is 11.6. The molecule has 0 aromatic heterocycles. The number of hydrogen-bond acceptors (Lipinski definition) is 3. The van der Waals surface area contributed by atoms with Gasteiger partial charge in [0.2, 0.25) is 5.91 Å². The molecule has 14 heavy (non-hydrogen) atoms. The molecule has 0 atom stereocenters. The van der Waals surface area contributed by atoms with Crippen LogP contribution >= 0.6 is 0 Å². The van der Waals surface area contributed by atoms with Crippen LogP contribution in [0.3, 0.4) is 0 Å². The summed E-state index contributed by atoms with van der Waals surface area (Å²) in [4.78, 5) is 10.1. The second-order valence-electron chi connectivity index (χ2n) is 2.94. The van der Waals surface area contributed by atoms with Crippen LogP contribution in [0.2, 0.25) is 0 Å². The third-order valence-corrected chi connectivity index (χ3v) is 0.903. The van der Waals surface area contributed by atoms with Crippen molar-refractivity contribution in [3.63, 3.8) is 0 Å². The molecule has 0 unspecified atom stereocenters. The summed E-state index contributed by atoms with van der Waals surface area (Å²) in [6, 6.07) is 0. The Hall–Kier alpha value is 0.0900. The standard InChI is InChI=1S/C4H7NO.2C2H6OS/c6-4-2-1-3-5-4;2*1-4(2)3/h1-3H2,(H,5,6);2*1-2H3. The van der Waals surface area contributed by atoms with Crippen LogP contribution < -0.4 is 5.32 Å². The molecular formula is C8H19NO3S2. The second kappa shape index (κ2) is 11.2. The van der Waals surface area contributed by atoms with E-state index in [0.29, 0.717) is 0 Å². The Balaban J connectivity index is 0. The van der Waals surface area contributed by atoms with E-state index in [1.807, 2.05) is 0 Å². The molecule has 0 aliphatic carbocycles. The lowest BCUT2D eigenvalue weighted by atomic mass is 10.4. The molecule has 1 aliphatic heterocycles. The molecule has 4 nitrogen and oxygen atoms in total. The minimum absolute atomic E-state index is 0.204. The van der Waals surface area contributed by atoms with E-state index in [9.17, 15) is 13.9 Å². The van der Waals surface area contributed by atoms with Crippen molar-refractivity contribution in [3.8, 4) is 0 Å². The lowest BCUT2D eigenvalue weighted by molar-refractivity contribution is -0.119. The topological polar surface area (TPSA) is 75.2 Å². The quantitative estimate of drug-likeness (QED) is 0.601. The third kappa shape index (κ3) is 29.6. The van der Waals surface area contributed by atoms with Crippen LogP contribution in [-0.2, 0) is 27.1 Å². The lowest BCUT2D eigenvalue weighted by Gasteiger charge is -1.87. The van der Waals surface area contributed by atoms with Crippen molar-refractivity contribution < 1.29 is 13.9 Å². The molecule has 1 heterocycles. The van der Waals surface area contributed by atoms with Crippen LogP contribution in [0.1, 0.15) is 12.8 Å². The van der Waals surface area contributed by atoms with E-state index in [0.717, 1.165) is 19.4 Å². The molecule has 1 N–H and O–H groups in total. The Morgan fingerprint density at radius 2 is 1.50 bits per heavy atom. The van der Waals surface area contributed by atoms with E-state index < -0.39 is 22.4 Å². The Morgan fingerprint density at radius 3 is 1.57 bits per heavy atom. The fourth-order valence-electron chi connectivity index (χ4n) is 0.565. The smallest absolute Gasteiger partial charge is 0.220 e. The van der Waals surface area contributed by atoms with E-state index in [1.54, 1.807) is 25.0 Å². The summed E-state index contributed by atoms with van der Waals surface area (Å²) in [6.45, 7) is 0.888. The predicted molar refractivity (Wildman–Crippen MR) is 62.2 cm³/mol. The molecule has 1 fully saturated rings. The summed E-state index contributed by atoms with van der Waals surface area (Å²) in [5.74, 6) is 0.204. The normalized spacial score (nSPS) is 14.1. The van der Waals surface area contributed by atoms with Gasteiger partial charge in [0.25, 0.3) is 0 Å². The molecule has 1 aliphatic rings. The third-order valence-electron chi connectivity index (χ3n) is 0.903. The number of hydrogen-bond donors (Lipinski definition) is 1. The van der Waals surface area contributed by atoms with Crippen LogP contribution in [-0.4, -0.2) is 46.6 Å². The molecule has 0 saturated carbocycles. The summed E-state index contributed by atoms with van der Waals surface area (Å²) in [5.41, 5.74) is 0. The molecule has 6 heteroatoms. The number of rotatable bonds is 0. The molecule has 0 radical (unpaired) electrons. The number of nitrogens with one attached hydrogen (secondary N) is 1. The first-order valence-electron chi connectivity index (χ1n) is 4.13. The SMILES string of the molecule is C[S+](C)[O-].C[S+](C)[O-].O=C1CCCN1. The maximum Gasteiger partial charge on any atom is 0.220 e. The zero-order valence-electron chi connectivity index (χ0n) is 9.16. The first-order valence-corrected chi connectivity index (χ1v) is 8.06. The molecule has 1 rings (SSSR count). The summed E-state index contributed by atoms with van der Waals surface area (Å²) in [7, 11) is 0. The van der Waals surface area contributed by atoms with E-state index in [4.69, 9.17) is 0 Å². The lowest BCUT2D eigenvalue weighted by Crippen LogP contribution is -2.12. The first kappa shape index (κ1) is 16.5. The zero-order valence-corrected chi connectivity index (χ0v) is 10.8. The highest BCUT2D eigenvalue weighted by Crippen LogP contribution is 1.93. The van der Waals surface area contributed by atoms with Gasteiger partial charge in [0, 0.05) is 13.0 Å². The Kier molecular flexibility index (Phi) is 13.2. The van der Waals surface area contributed by atoms with Crippen molar-refractivity contribution in [1.82, 2.24) is 5.32 Å². The van der Waals surface area contributed by atoms with Crippen LogP contribution in [0.25, 0.3) is 0 Å². The van der Waals surface area contributed by atoms with Gasteiger partial charge in [0.1, 0.15) is 0 Å². The van der Waals surface area contributed by atoms with Gasteiger partial charge in [-0.1, -0.05) is 22.4 Å². The summed E-state index contributed by atoms with van der Waals surface area (Å²) in [6.07, 6.45) is 8.32.